The Morgan fingerprint density at radius 1 is 1.32 bits per heavy atom. The summed E-state index contributed by atoms with van der Waals surface area (Å²) in [4.78, 5) is 25.6. The molecule has 6 heteroatoms. The lowest BCUT2D eigenvalue weighted by Gasteiger charge is -2.29. The number of hydrogen-bond donors (Lipinski definition) is 1. The minimum absolute atomic E-state index is 0.190. The standard InChI is InChI=1S/C19H28N4O2/c1-2-5-14-8-20-13-21-17(14)23-10-15-9-22(16-6-3-4-7-16)11-19(15,12-23)18(24)25/h8,13,15-16H,2-7,9-12H2,1H3,(H,24,25)/t15-,19-/m1/s1. The fourth-order valence-electron chi connectivity index (χ4n) is 5.20. The fraction of sp³-hybridized carbons (Fsp3) is 0.737. The second kappa shape index (κ2) is 6.56. The van der Waals surface area contributed by atoms with Crippen LogP contribution in [0.15, 0.2) is 12.5 Å². The maximum atomic E-state index is 12.3. The van der Waals surface area contributed by atoms with Crippen molar-refractivity contribution in [1.29, 1.82) is 0 Å². The number of aryl methyl sites for hydroxylation is 1. The Bertz CT molecular complexity index is 646. The third kappa shape index (κ3) is 2.80. The third-order valence-electron chi connectivity index (χ3n) is 6.49. The van der Waals surface area contributed by atoms with Crippen molar-refractivity contribution in [3.05, 3.63) is 18.1 Å². The molecule has 2 aliphatic heterocycles. The van der Waals surface area contributed by atoms with Crippen molar-refractivity contribution in [2.24, 2.45) is 11.3 Å². The lowest BCUT2D eigenvalue weighted by Crippen LogP contribution is -2.42. The molecular formula is C19H28N4O2. The summed E-state index contributed by atoms with van der Waals surface area (Å²) in [6.07, 6.45) is 10.5. The number of aromatic nitrogens is 2. The van der Waals surface area contributed by atoms with E-state index in [0.29, 0.717) is 19.1 Å². The van der Waals surface area contributed by atoms with Crippen LogP contribution in [0.4, 0.5) is 5.82 Å². The van der Waals surface area contributed by atoms with Crippen LogP contribution in [0, 0.1) is 11.3 Å². The summed E-state index contributed by atoms with van der Waals surface area (Å²) in [7, 11) is 0. The summed E-state index contributed by atoms with van der Waals surface area (Å²) in [6, 6.07) is 0.602. The van der Waals surface area contributed by atoms with Gasteiger partial charge in [-0.1, -0.05) is 26.2 Å². The zero-order valence-corrected chi connectivity index (χ0v) is 15.0. The molecule has 0 bridgehead atoms. The Labute approximate surface area is 149 Å². The number of anilines is 1. The Hall–Kier alpha value is -1.69. The smallest absolute Gasteiger partial charge is 0.313 e. The fourth-order valence-corrected chi connectivity index (χ4v) is 5.20. The van der Waals surface area contributed by atoms with E-state index in [9.17, 15) is 9.90 Å². The summed E-state index contributed by atoms with van der Waals surface area (Å²) in [5.41, 5.74) is 0.495. The van der Waals surface area contributed by atoms with Crippen LogP contribution in [-0.4, -0.2) is 58.2 Å². The topological polar surface area (TPSA) is 69.6 Å². The number of carbonyl (C=O) groups is 1. The molecule has 136 valence electrons. The molecule has 1 N–H and O–H groups in total. The van der Waals surface area contributed by atoms with Gasteiger partial charge in [-0.25, -0.2) is 9.97 Å². The first-order valence-corrected chi connectivity index (χ1v) is 9.65. The molecule has 0 spiro atoms. The highest BCUT2D eigenvalue weighted by Crippen LogP contribution is 2.46. The van der Waals surface area contributed by atoms with Crippen molar-refractivity contribution < 1.29 is 9.90 Å². The molecule has 1 aromatic rings. The second-order valence-corrected chi connectivity index (χ2v) is 8.03. The van der Waals surface area contributed by atoms with Gasteiger partial charge >= 0.3 is 5.97 Å². The Kier molecular flexibility index (Phi) is 4.40. The molecule has 0 aromatic carbocycles. The van der Waals surface area contributed by atoms with Gasteiger partial charge in [-0.15, -0.1) is 0 Å². The van der Waals surface area contributed by atoms with Crippen molar-refractivity contribution in [2.75, 3.05) is 31.1 Å². The van der Waals surface area contributed by atoms with E-state index < -0.39 is 11.4 Å². The van der Waals surface area contributed by atoms with Gasteiger partial charge in [0.15, 0.2) is 0 Å². The largest absolute Gasteiger partial charge is 0.481 e. The van der Waals surface area contributed by atoms with Crippen molar-refractivity contribution in [3.8, 4) is 0 Å². The predicted octanol–water partition coefficient (Wildman–Crippen LogP) is 2.19. The number of aliphatic carboxylic acids is 1. The number of likely N-dealkylation sites (tertiary alicyclic amines) is 1. The van der Waals surface area contributed by atoms with E-state index >= 15 is 0 Å². The molecule has 1 saturated carbocycles. The Morgan fingerprint density at radius 3 is 2.80 bits per heavy atom. The first-order chi connectivity index (χ1) is 12.1. The zero-order chi connectivity index (χ0) is 17.4. The molecule has 0 amide bonds. The monoisotopic (exact) mass is 344 g/mol. The van der Waals surface area contributed by atoms with Gasteiger partial charge in [0, 0.05) is 49.9 Å². The minimum Gasteiger partial charge on any atom is -0.481 e. The number of rotatable bonds is 5. The van der Waals surface area contributed by atoms with E-state index in [4.69, 9.17) is 0 Å². The van der Waals surface area contributed by atoms with E-state index in [2.05, 4.69) is 26.7 Å². The van der Waals surface area contributed by atoms with Gasteiger partial charge in [-0.3, -0.25) is 9.69 Å². The van der Waals surface area contributed by atoms with Gasteiger partial charge in [-0.2, -0.15) is 0 Å². The SMILES string of the molecule is CCCc1cncnc1N1C[C@H]2CN(C3CCCC3)C[C@@]2(C(=O)O)C1. The molecule has 1 aliphatic carbocycles. The predicted molar refractivity (Wildman–Crippen MR) is 95.6 cm³/mol. The van der Waals surface area contributed by atoms with Gasteiger partial charge in [0.05, 0.1) is 0 Å². The molecule has 1 aromatic heterocycles. The molecule has 3 heterocycles. The van der Waals surface area contributed by atoms with Crippen LogP contribution in [0.25, 0.3) is 0 Å². The van der Waals surface area contributed by atoms with Gasteiger partial charge in [0.1, 0.15) is 17.6 Å². The highest BCUT2D eigenvalue weighted by atomic mass is 16.4. The van der Waals surface area contributed by atoms with Crippen LogP contribution in [-0.2, 0) is 11.2 Å². The maximum absolute atomic E-state index is 12.3. The Balaban J connectivity index is 1.57. The number of hydrogen-bond acceptors (Lipinski definition) is 5. The van der Waals surface area contributed by atoms with Crippen LogP contribution in [0.1, 0.15) is 44.6 Å². The molecule has 2 atom stereocenters. The average molecular weight is 344 g/mol. The highest BCUT2D eigenvalue weighted by molar-refractivity contribution is 5.78. The molecule has 0 radical (unpaired) electrons. The number of carboxylic acids is 1. The van der Waals surface area contributed by atoms with Crippen LogP contribution in [0.3, 0.4) is 0 Å². The quantitative estimate of drug-likeness (QED) is 0.883. The maximum Gasteiger partial charge on any atom is 0.313 e. The zero-order valence-electron chi connectivity index (χ0n) is 15.0. The van der Waals surface area contributed by atoms with Crippen molar-refractivity contribution in [2.45, 2.75) is 51.5 Å². The van der Waals surface area contributed by atoms with E-state index in [1.54, 1.807) is 6.33 Å². The van der Waals surface area contributed by atoms with Crippen LogP contribution < -0.4 is 4.90 Å². The lowest BCUT2D eigenvalue weighted by atomic mass is 9.81. The number of nitrogens with zero attached hydrogens (tertiary/aromatic N) is 4. The molecule has 0 unspecified atom stereocenters. The molecule has 4 rings (SSSR count). The van der Waals surface area contributed by atoms with Gasteiger partial charge in [0.2, 0.25) is 0 Å². The van der Waals surface area contributed by atoms with Crippen LogP contribution in [0.2, 0.25) is 0 Å². The molecule has 3 aliphatic rings. The van der Waals surface area contributed by atoms with E-state index in [0.717, 1.165) is 37.3 Å². The van der Waals surface area contributed by atoms with Crippen molar-refractivity contribution in [1.82, 2.24) is 14.9 Å². The van der Waals surface area contributed by atoms with Crippen LogP contribution >= 0.6 is 0 Å². The number of fused-ring (bicyclic) bond motifs is 1. The average Bonchev–Trinajstić information content (AvgIpc) is 3.29. The van der Waals surface area contributed by atoms with Gasteiger partial charge < -0.3 is 10.0 Å². The normalized spacial score (nSPS) is 30.1. The molecule has 3 fully saturated rings. The summed E-state index contributed by atoms with van der Waals surface area (Å²) in [5, 5.41) is 10.1. The lowest BCUT2D eigenvalue weighted by molar-refractivity contribution is -0.148. The highest BCUT2D eigenvalue weighted by Gasteiger charge is 2.58. The second-order valence-electron chi connectivity index (χ2n) is 8.03. The summed E-state index contributed by atoms with van der Waals surface area (Å²) in [6.45, 7) is 5.13. The van der Waals surface area contributed by atoms with Crippen molar-refractivity contribution in [3.63, 3.8) is 0 Å². The van der Waals surface area contributed by atoms with E-state index in [-0.39, 0.29) is 5.92 Å². The van der Waals surface area contributed by atoms with Gasteiger partial charge in [0.25, 0.3) is 0 Å². The molecule has 25 heavy (non-hydrogen) atoms. The first kappa shape index (κ1) is 16.8. The summed E-state index contributed by atoms with van der Waals surface area (Å²) < 4.78 is 0. The molecule has 6 nitrogen and oxygen atoms in total. The van der Waals surface area contributed by atoms with E-state index in [1.807, 2.05) is 6.20 Å². The summed E-state index contributed by atoms with van der Waals surface area (Å²) >= 11 is 0. The molecule has 2 saturated heterocycles. The van der Waals surface area contributed by atoms with Crippen LogP contribution in [0.5, 0.6) is 0 Å². The number of carboxylic acid groups (broad SMARTS) is 1. The summed E-state index contributed by atoms with van der Waals surface area (Å²) in [5.74, 6) is 0.501. The third-order valence-corrected chi connectivity index (χ3v) is 6.49. The van der Waals surface area contributed by atoms with Crippen molar-refractivity contribution >= 4 is 11.8 Å². The van der Waals surface area contributed by atoms with Gasteiger partial charge in [-0.05, 0) is 19.3 Å². The van der Waals surface area contributed by atoms with E-state index in [1.165, 1.54) is 25.7 Å². The first-order valence-electron chi connectivity index (χ1n) is 9.65. The minimum atomic E-state index is -0.642. The Morgan fingerprint density at radius 2 is 2.12 bits per heavy atom. The molecular weight excluding hydrogens is 316 g/mol.